The number of hydrogen-bond acceptors (Lipinski definition) is 1. The molecule has 0 saturated heterocycles. The van der Waals surface area contributed by atoms with Gasteiger partial charge in [-0.2, -0.15) is 0 Å². The third kappa shape index (κ3) is 6.52. The summed E-state index contributed by atoms with van der Waals surface area (Å²) in [4.78, 5) is 0. The second-order valence-corrected chi connectivity index (χ2v) is 6.55. The lowest BCUT2D eigenvalue weighted by molar-refractivity contribution is 0.181. The lowest BCUT2D eigenvalue weighted by atomic mass is 9.73. The molecule has 1 heteroatoms. The van der Waals surface area contributed by atoms with Crippen LogP contribution in [0.2, 0.25) is 0 Å². The minimum atomic E-state index is 0.473. The number of rotatable bonds is 8. The third-order valence-electron chi connectivity index (χ3n) is 3.77. The fourth-order valence-corrected chi connectivity index (χ4v) is 2.35. The molecule has 0 saturated carbocycles. The van der Waals surface area contributed by atoms with E-state index in [0.29, 0.717) is 10.8 Å². The van der Waals surface area contributed by atoms with Crippen LogP contribution >= 0.6 is 0 Å². The Bertz CT molecular complexity index is 169. The molecule has 0 aromatic carbocycles. The van der Waals surface area contributed by atoms with E-state index in [1.807, 2.05) is 0 Å². The van der Waals surface area contributed by atoms with Crippen LogP contribution in [-0.4, -0.2) is 13.6 Å². The van der Waals surface area contributed by atoms with Gasteiger partial charge in [-0.3, -0.25) is 0 Å². The van der Waals surface area contributed by atoms with E-state index in [1.54, 1.807) is 0 Å². The first kappa shape index (κ1) is 16.0. The van der Waals surface area contributed by atoms with Crippen LogP contribution in [0.25, 0.3) is 0 Å². The van der Waals surface area contributed by atoms with Crippen molar-refractivity contribution in [2.75, 3.05) is 13.6 Å². The zero-order valence-electron chi connectivity index (χ0n) is 12.4. The zero-order chi connectivity index (χ0) is 12.7. The molecule has 1 N–H and O–H groups in total. The van der Waals surface area contributed by atoms with Gasteiger partial charge in [0.2, 0.25) is 0 Å². The van der Waals surface area contributed by atoms with Gasteiger partial charge in [0.1, 0.15) is 0 Å². The molecule has 1 unspecified atom stereocenters. The van der Waals surface area contributed by atoms with E-state index in [9.17, 15) is 0 Å². The van der Waals surface area contributed by atoms with Crippen molar-refractivity contribution in [3.05, 3.63) is 0 Å². The molecule has 0 amide bonds. The van der Waals surface area contributed by atoms with Gasteiger partial charge in [0.25, 0.3) is 0 Å². The maximum Gasteiger partial charge on any atom is 0.000470 e. The maximum atomic E-state index is 3.40. The summed E-state index contributed by atoms with van der Waals surface area (Å²) in [5, 5.41) is 3.40. The van der Waals surface area contributed by atoms with E-state index in [4.69, 9.17) is 0 Å². The van der Waals surface area contributed by atoms with E-state index in [1.165, 1.54) is 45.1 Å². The second kappa shape index (κ2) is 7.32. The Balaban J connectivity index is 4.37. The SMILES string of the molecule is CCCCC(CC)(CCC(C)(C)C)CNC. The first-order chi connectivity index (χ1) is 7.39. The van der Waals surface area contributed by atoms with Crippen LogP contribution in [0.1, 0.15) is 73.1 Å². The van der Waals surface area contributed by atoms with Crippen molar-refractivity contribution in [1.82, 2.24) is 5.32 Å². The highest BCUT2D eigenvalue weighted by Gasteiger charge is 2.28. The minimum absolute atomic E-state index is 0.473. The molecule has 16 heavy (non-hydrogen) atoms. The fraction of sp³-hybridized carbons (Fsp3) is 1.00. The standard InChI is InChI=1S/C15H33N/c1-7-9-10-15(8-2,13-16-6)12-11-14(3,4)5/h16H,7-13H2,1-6H3. The van der Waals surface area contributed by atoms with Crippen molar-refractivity contribution in [2.24, 2.45) is 10.8 Å². The summed E-state index contributed by atoms with van der Waals surface area (Å²) < 4.78 is 0. The van der Waals surface area contributed by atoms with Crippen molar-refractivity contribution in [3.8, 4) is 0 Å². The summed E-state index contributed by atoms with van der Waals surface area (Å²) in [6, 6.07) is 0. The van der Waals surface area contributed by atoms with Crippen LogP contribution in [0.15, 0.2) is 0 Å². The summed E-state index contributed by atoms with van der Waals surface area (Å²) >= 11 is 0. The van der Waals surface area contributed by atoms with Gasteiger partial charge in [0, 0.05) is 6.54 Å². The quantitative estimate of drug-likeness (QED) is 0.638. The van der Waals surface area contributed by atoms with Crippen LogP contribution in [0.3, 0.4) is 0 Å². The largest absolute Gasteiger partial charge is 0.319 e. The number of unbranched alkanes of at least 4 members (excludes halogenated alkanes) is 1. The first-order valence-electron chi connectivity index (χ1n) is 7.04. The molecule has 98 valence electrons. The molecule has 0 heterocycles. The van der Waals surface area contributed by atoms with Crippen LogP contribution in [-0.2, 0) is 0 Å². The highest BCUT2D eigenvalue weighted by Crippen LogP contribution is 2.37. The molecule has 0 fully saturated rings. The van der Waals surface area contributed by atoms with Crippen LogP contribution in [0, 0.1) is 10.8 Å². The predicted octanol–water partition coefficient (Wildman–Crippen LogP) is 4.62. The molecule has 0 aliphatic carbocycles. The van der Waals surface area contributed by atoms with Gasteiger partial charge in [0.15, 0.2) is 0 Å². The van der Waals surface area contributed by atoms with Crippen molar-refractivity contribution in [3.63, 3.8) is 0 Å². The zero-order valence-corrected chi connectivity index (χ0v) is 12.4. The Labute approximate surface area is 103 Å². The van der Waals surface area contributed by atoms with Crippen molar-refractivity contribution in [2.45, 2.75) is 73.1 Å². The molecule has 0 aliphatic heterocycles. The fourth-order valence-electron chi connectivity index (χ4n) is 2.35. The first-order valence-corrected chi connectivity index (χ1v) is 7.04. The summed E-state index contributed by atoms with van der Waals surface area (Å²) in [6.45, 7) is 12.9. The van der Waals surface area contributed by atoms with Gasteiger partial charge >= 0.3 is 0 Å². The Morgan fingerprint density at radius 3 is 1.94 bits per heavy atom. The van der Waals surface area contributed by atoms with Crippen LogP contribution in [0.4, 0.5) is 0 Å². The molecule has 0 aliphatic rings. The van der Waals surface area contributed by atoms with Gasteiger partial charge < -0.3 is 5.32 Å². The summed E-state index contributed by atoms with van der Waals surface area (Å²) in [7, 11) is 2.09. The molecular weight excluding hydrogens is 194 g/mol. The number of hydrogen-bond donors (Lipinski definition) is 1. The van der Waals surface area contributed by atoms with Gasteiger partial charge in [-0.15, -0.1) is 0 Å². The average molecular weight is 227 g/mol. The van der Waals surface area contributed by atoms with E-state index in [2.05, 4.69) is 47.0 Å². The third-order valence-corrected chi connectivity index (χ3v) is 3.77. The van der Waals surface area contributed by atoms with Crippen LogP contribution in [0.5, 0.6) is 0 Å². The van der Waals surface area contributed by atoms with Crippen molar-refractivity contribution >= 4 is 0 Å². The lowest BCUT2D eigenvalue weighted by Gasteiger charge is -2.35. The Kier molecular flexibility index (Phi) is 7.30. The van der Waals surface area contributed by atoms with Gasteiger partial charge in [-0.1, -0.05) is 47.5 Å². The molecular formula is C15H33N. The number of nitrogens with one attached hydrogen (secondary N) is 1. The van der Waals surface area contributed by atoms with Gasteiger partial charge in [-0.25, -0.2) is 0 Å². The summed E-state index contributed by atoms with van der Waals surface area (Å²) in [5.41, 5.74) is 1.01. The molecule has 0 aromatic heterocycles. The normalized spacial score (nSPS) is 16.1. The Hall–Kier alpha value is -0.0400. The van der Waals surface area contributed by atoms with Crippen molar-refractivity contribution < 1.29 is 0 Å². The predicted molar refractivity (Wildman–Crippen MR) is 74.9 cm³/mol. The molecule has 0 aromatic rings. The van der Waals surface area contributed by atoms with Gasteiger partial charge in [-0.05, 0) is 43.6 Å². The maximum absolute atomic E-state index is 3.40. The average Bonchev–Trinajstić information content (AvgIpc) is 2.21. The molecule has 0 bridgehead atoms. The highest BCUT2D eigenvalue weighted by molar-refractivity contribution is 4.82. The van der Waals surface area contributed by atoms with E-state index in [-0.39, 0.29) is 0 Å². The Morgan fingerprint density at radius 1 is 0.938 bits per heavy atom. The van der Waals surface area contributed by atoms with E-state index in [0.717, 1.165) is 0 Å². The minimum Gasteiger partial charge on any atom is -0.319 e. The van der Waals surface area contributed by atoms with E-state index < -0.39 is 0 Å². The second-order valence-electron chi connectivity index (χ2n) is 6.55. The summed E-state index contributed by atoms with van der Waals surface area (Å²) in [5.74, 6) is 0. The molecule has 1 atom stereocenters. The highest BCUT2D eigenvalue weighted by atomic mass is 14.8. The molecule has 0 spiro atoms. The Morgan fingerprint density at radius 2 is 1.56 bits per heavy atom. The molecule has 1 nitrogen and oxygen atoms in total. The smallest absolute Gasteiger partial charge is 0.000470 e. The van der Waals surface area contributed by atoms with Crippen LogP contribution < -0.4 is 5.32 Å². The van der Waals surface area contributed by atoms with Gasteiger partial charge in [0.05, 0.1) is 0 Å². The topological polar surface area (TPSA) is 12.0 Å². The molecule has 0 rings (SSSR count). The van der Waals surface area contributed by atoms with E-state index >= 15 is 0 Å². The van der Waals surface area contributed by atoms with Crippen molar-refractivity contribution in [1.29, 1.82) is 0 Å². The summed E-state index contributed by atoms with van der Waals surface area (Å²) in [6.07, 6.45) is 8.10. The lowest BCUT2D eigenvalue weighted by Crippen LogP contribution is -2.33. The monoisotopic (exact) mass is 227 g/mol. The molecule has 0 radical (unpaired) electrons.